The Labute approximate surface area is 132 Å². The third-order valence-electron chi connectivity index (χ3n) is 3.51. The molecule has 0 radical (unpaired) electrons. The van der Waals surface area contributed by atoms with E-state index >= 15 is 0 Å². The predicted octanol–water partition coefficient (Wildman–Crippen LogP) is 4.41. The van der Waals surface area contributed by atoms with E-state index in [0.717, 1.165) is 22.6 Å². The molecule has 116 valence electrons. The molecule has 0 bridgehead atoms. The first-order valence-corrected chi connectivity index (χ1v) is 7.61. The van der Waals surface area contributed by atoms with Gasteiger partial charge in [-0.2, -0.15) is 0 Å². The van der Waals surface area contributed by atoms with E-state index in [1.807, 2.05) is 63.2 Å². The lowest BCUT2D eigenvalue weighted by atomic mass is 10.1. The number of anilines is 1. The molecular formula is C19H23NO2. The fourth-order valence-corrected chi connectivity index (χ4v) is 2.14. The molecule has 3 nitrogen and oxygen atoms in total. The quantitative estimate of drug-likeness (QED) is 0.802. The first-order valence-electron chi connectivity index (χ1n) is 7.61. The van der Waals surface area contributed by atoms with Crippen LogP contribution in [0.25, 0.3) is 0 Å². The van der Waals surface area contributed by atoms with Crippen LogP contribution in [0.2, 0.25) is 0 Å². The summed E-state index contributed by atoms with van der Waals surface area (Å²) in [5, 5.41) is 2.96. The van der Waals surface area contributed by atoms with Gasteiger partial charge in [0.05, 0.1) is 6.61 Å². The zero-order valence-corrected chi connectivity index (χ0v) is 13.5. The van der Waals surface area contributed by atoms with E-state index in [-0.39, 0.29) is 5.91 Å². The van der Waals surface area contributed by atoms with Gasteiger partial charge in [0.25, 0.3) is 0 Å². The van der Waals surface area contributed by atoms with Gasteiger partial charge in [-0.3, -0.25) is 4.79 Å². The smallest absolute Gasteiger partial charge is 0.224 e. The van der Waals surface area contributed by atoms with Crippen molar-refractivity contribution in [3.8, 4) is 5.75 Å². The molecule has 0 aliphatic rings. The summed E-state index contributed by atoms with van der Waals surface area (Å²) in [4.78, 5) is 12.0. The largest absolute Gasteiger partial charge is 0.494 e. The lowest BCUT2D eigenvalue weighted by Gasteiger charge is -2.10. The Hall–Kier alpha value is -2.29. The molecule has 1 amide bonds. The molecule has 3 heteroatoms. The highest BCUT2D eigenvalue weighted by Crippen LogP contribution is 2.17. The van der Waals surface area contributed by atoms with Crippen LogP contribution in [0.5, 0.6) is 5.75 Å². The van der Waals surface area contributed by atoms with Crippen LogP contribution < -0.4 is 10.1 Å². The van der Waals surface area contributed by atoms with Crippen molar-refractivity contribution < 1.29 is 9.53 Å². The molecule has 0 saturated carbocycles. The summed E-state index contributed by atoms with van der Waals surface area (Å²) in [6.45, 7) is 6.60. The minimum Gasteiger partial charge on any atom is -0.494 e. The standard InChI is InChI=1S/C19H23NO2/c1-14-7-10-17(11-8-14)22-12-4-5-19(21)20-18-13-15(2)6-9-16(18)3/h6-11,13H,4-5,12H2,1-3H3,(H,20,21). The Balaban J connectivity index is 1.74. The molecule has 0 fully saturated rings. The van der Waals surface area contributed by atoms with Crippen molar-refractivity contribution in [2.45, 2.75) is 33.6 Å². The molecule has 22 heavy (non-hydrogen) atoms. The van der Waals surface area contributed by atoms with E-state index in [0.29, 0.717) is 19.4 Å². The normalized spacial score (nSPS) is 10.3. The van der Waals surface area contributed by atoms with Gasteiger partial charge < -0.3 is 10.1 Å². The fourth-order valence-electron chi connectivity index (χ4n) is 2.14. The Morgan fingerprint density at radius 2 is 1.68 bits per heavy atom. The maximum atomic E-state index is 12.0. The SMILES string of the molecule is Cc1ccc(OCCCC(=O)Nc2cc(C)ccc2C)cc1. The van der Waals surface area contributed by atoms with Gasteiger partial charge in [0.15, 0.2) is 0 Å². The van der Waals surface area contributed by atoms with Gasteiger partial charge in [-0.1, -0.05) is 29.8 Å². The van der Waals surface area contributed by atoms with Gasteiger partial charge in [0.2, 0.25) is 5.91 Å². The summed E-state index contributed by atoms with van der Waals surface area (Å²) >= 11 is 0. The zero-order chi connectivity index (χ0) is 15.9. The average molecular weight is 297 g/mol. The lowest BCUT2D eigenvalue weighted by Crippen LogP contribution is -2.13. The van der Waals surface area contributed by atoms with Crippen LogP contribution in [0.15, 0.2) is 42.5 Å². The molecule has 0 heterocycles. The number of aryl methyl sites for hydroxylation is 3. The molecule has 2 aromatic rings. The van der Waals surface area contributed by atoms with Crippen molar-refractivity contribution in [1.82, 2.24) is 0 Å². The number of carbonyl (C=O) groups excluding carboxylic acids is 1. The van der Waals surface area contributed by atoms with Gasteiger partial charge in [-0.25, -0.2) is 0 Å². The number of nitrogens with one attached hydrogen (secondary N) is 1. The molecular weight excluding hydrogens is 274 g/mol. The van der Waals surface area contributed by atoms with Crippen molar-refractivity contribution in [3.05, 3.63) is 59.2 Å². The van der Waals surface area contributed by atoms with Crippen molar-refractivity contribution in [1.29, 1.82) is 0 Å². The van der Waals surface area contributed by atoms with Crippen LogP contribution in [-0.2, 0) is 4.79 Å². The summed E-state index contributed by atoms with van der Waals surface area (Å²) in [6, 6.07) is 14.0. The van der Waals surface area contributed by atoms with Crippen LogP contribution in [0.3, 0.4) is 0 Å². The Morgan fingerprint density at radius 3 is 2.41 bits per heavy atom. The maximum absolute atomic E-state index is 12.0. The Kier molecular flexibility index (Phi) is 5.59. The summed E-state index contributed by atoms with van der Waals surface area (Å²) in [7, 11) is 0. The third kappa shape index (κ3) is 4.92. The molecule has 0 spiro atoms. The van der Waals surface area contributed by atoms with Crippen molar-refractivity contribution in [2.24, 2.45) is 0 Å². The summed E-state index contributed by atoms with van der Waals surface area (Å²) < 4.78 is 5.62. The first-order chi connectivity index (χ1) is 10.5. The van der Waals surface area contributed by atoms with Gasteiger partial charge >= 0.3 is 0 Å². The zero-order valence-electron chi connectivity index (χ0n) is 13.5. The number of hydrogen-bond acceptors (Lipinski definition) is 2. The molecule has 1 N–H and O–H groups in total. The van der Waals surface area contributed by atoms with Gasteiger partial charge in [0.1, 0.15) is 5.75 Å². The summed E-state index contributed by atoms with van der Waals surface area (Å²) in [5.74, 6) is 0.877. The van der Waals surface area contributed by atoms with Crippen LogP contribution in [0.1, 0.15) is 29.5 Å². The molecule has 0 atom stereocenters. The summed E-state index contributed by atoms with van der Waals surface area (Å²) in [6.07, 6.45) is 1.16. The lowest BCUT2D eigenvalue weighted by molar-refractivity contribution is -0.116. The monoisotopic (exact) mass is 297 g/mol. The van der Waals surface area contributed by atoms with Gasteiger partial charge in [-0.15, -0.1) is 0 Å². The Bertz CT molecular complexity index is 632. The number of ether oxygens (including phenoxy) is 1. The fraction of sp³-hybridized carbons (Fsp3) is 0.316. The third-order valence-corrected chi connectivity index (χ3v) is 3.51. The molecule has 0 aliphatic heterocycles. The molecule has 0 saturated heterocycles. The predicted molar refractivity (Wildman–Crippen MR) is 90.5 cm³/mol. The minimum atomic E-state index is 0.0289. The molecule has 0 aromatic heterocycles. The molecule has 2 aromatic carbocycles. The van der Waals surface area contributed by atoms with Gasteiger partial charge in [0, 0.05) is 12.1 Å². The first kappa shape index (κ1) is 16.1. The molecule has 0 unspecified atom stereocenters. The van der Waals surface area contributed by atoms with Crippen molar-refractivity contribution >= 4 is 11.6 Å². The van der Waals surface area contributed by atoms with E-state index < -0.39 is 0 Å². The van der Waals surface area contributed by atoms with Crippen LogP contribution in [0, 0.1) is 20.8 Å². The minimum absolute atomic E-state index is 0.0289. The number of amides is 1. The maximum Gasteiger partial charge on any atom is 0.224 e. The average Bonchev–Trinajstić information content (AvgIpc) is 2.49. The molecule has 0 aliphatic carbocycles. The van der Waals surface area contributed by atoms with Crippen LogP contribution in [0.4, 0.5) is 5.69 Å². The summed E-state index contributed by atoms with van der Waals surface area (Å²) in [5.41, 5.74) is 4.32. The van der Waals surface area contributed by atoms with Gasteiger partial charge in [-0.05, 0) is 56.5 Å². The second-order valence-corrected chi connectivity index (χ2v) is 5.63. The van der Waals surface area contributed by atoms with Crippen LogP contribution in [-0.4, -0.2) is 12.5 Å². The highest BCUT2D eigenvalue weighted by atomic mass is 16.5. The highest BCUT2D eigenvalue weighted by molar-refractivity contribution is 5.91. The van der Waals surface area contributed by atoms with Crippen LogP contribution >= 0.6 is 0 Å². The number of benzene rings is 2. The second-order valence-electron chi connectivity index (χ2n) is 5.63. The number of carbonyl (C=O) groups is 1. The molecule has 2 rings (SSSR count). The van der Waals surface area contributed by atoms with E-state index in [4.69, 9.17) is 4.74 Å². The highest BCUT2D eigenvalue weighted by Gasteiger charge is 2.05. The topological polar surface area (TPSA) is 38.3 Å². The van der Waals surface area contributed by atoms with Crippen molar-refractivity contribution in [2.75, 3.05) is 11.9 Å². The van der Waals surface area contributed by atoms with E-state index in [9.17, 15) is 4.79 Å². The number of hydrogen-bond donors (Lipinski definition) is 1. The van der Waals surface area contributed by atoms with Crippen molar-refractivity contribution in [3.63, 3.8) is 0 Å². The van der Waals surface area contributed by atoms with E-state index in [1.54, 1.807) is 0 Å². The Morgan fingerprint density at radius 1 is 1.00 bits per heavy atom. The van der Waals surface area contributed by atoms with E-state index in [2.05, 4.69) is 5.32 Å². The number of rotatable bonds is 6. The van der Waals surface area contributed by atoms with E-state index in [1.165, 1.54) is 5.56 Å². The second kappa shape index (κ2) is 7.64.